The summed E-state index contributed by atoms with van der Waals surface area (Å²) >= 11 is 12.6. The van der Waals surface area contributed by atoms with Gasteiger partial charge in [-0.15, -0.1) is 0 Å². The van der Waals surface area contributed by atoms with Crippen molar-refractivity contribution < 1.29 is 9.53 Å². The third-order valence-electron chi connectivity index (χ3n) is 5.38. The summed E-state index contributed by atoms with van der Waals surface area (Å²) in [6, 6.07) is 13.3. The van der Waals surface area contributed by atoms with Gasteiger partial charge < -0.3 is 10.1 Å². The van der Waals surface area contributed by atoms with Gasteiger partial charge in [0, 0.05) is 17.9 Å². The Bertz CT molecular complexity index is 916. The Kier molecular flexibility index (Phi) is 8.61. The van der Waals surface area contributed by atoms with E-state index >= 15 is 0 Å². The van der Waals surface area contributed by atoms with Gasteiger partial charge in [0.25, 0.3) is 0 Å². The molecule has 2 aromatic carbocycles. The van der Waals surface area contributed by atoms with E-state index in [4.69, 9.17) is 33.0 Å². The highest BCUT2D eigenvalue weighted by molar-refractivity contribution is 6.36. The van der Waals surface area contributed by atoms with Crippen molar-refractivity contribution in [1.82, 2.24) is 5.32 Å². The molecule has 1 aliphatic heterocycles. The first-order chi connectivity index (χ1) is 15.0. The summed E-state index contributed by atoms with van der Waals surface area (Å²) in [5.74, 6) is 0.872. The maximum absolute atomic E-state index is 12.2. The van der Waals surface area contributed by atoms with Crippen molar-refractivity contribution in [2.75, 3.05) is 18.7 Å². The van der Waals surface area contributed by atoms with Crippen LogP contribution in [0.25, 0.3) is 0 Å². The summed E-state index contributed by atoms with van der Waals surface area (Å²) in [6.07, 6.45) is 5.60. The number of benzene rings is 2. The molecular weight excluding hydrogens is 433 g/mol. The second kappa shape index (κ2) is 11.4. The minimum absolute atomic E-state index is 0.0268. The quantitative estimate of drug-likeness (QED) is 0.416. The summed E-state index contributed by atoms with van der Waals surface area (Å²) < 4.78 is 5.28. The molecule has 0 radical (unpaired) electrons. The minimum Gasteiger partial charge on any atom is -0.497 e. The van der Waals surface area contributed by atoms with Gasteiger partial charge in [0.1, 0.15) is 5.75 Å². The normalized spacial score (nSPS) is 15.7. The lowest BCUT2D eigenvalue weighted by atomic mass is 10.0. The molecule has 3 rings (SSSR count). The number of nitrogens with zero attached hydrogens (tertiary/aromatic N) is 2. The van der Waals surface area contributed by atoms with E-state index in [0.717, 1.165) is 42.0 Å². The average molecular weight is 462 g/mol. The van der Waals surface area contributed by atoms with E-state index in [2.05, 4.69) is 12.2 Å². The van der Waals surface area contributed by atoms with Gasteiger partial charge in [0.2, 0.25) is 5.91 Å². The topological polar surface area (TPSA) is 53.9 Å². The Balaban J connectivity index is 1.74. The second-order valence-corrected chi connectivity index (χ2v) is 8.53. The fraction of sp³-hybridized carbons (Fsp3) is 0.417. The molecule has 1 amide bonds. The van der Waals surface area contributed by atoms with Crippen molar-refractivity contribution in [3.8, 4) is 5.75 Å². The highest BCUT2D eigenvalue weighted by Crippen LogP contribution is 2.39. The van der Waals surface area contributed by atoms with Crippen molar-refractivity contribution in [3.63, 3.8) is 0 Å². The summed E-state index contributed by atoms with van der Waals surface area (Å²) in [7, 11) is 1.65. The lowest BCUT2D eigenvalue weighted by Gasteiger charge is -2.25. The first kappa shape index (κ1) is 23.4. The number of hydrazone groups is 1. The molecule has 0 bridgehead atoms. The Morgan fingerprint density at radius 1 is 1.16 bits per heavy atom. The van der Waals surface area contributed by atoms with E-state index in [9.17, 15) is 4.79 Å². The maximum atomic E-state index is 12.2. The van der Waals surface area contributed by atoms with Gasteiger partial charge >= 0.3 is 0 Å². The fourth-order valence-corrected chi connectivity index (χ4v) is 4.15. The number of carbonyl (C=O) groups is 1. The molecule has 0 saturated carbocycles. The van der Waals surface area contributed by atoms with Crippen molar-refractivity contribution in [2.45, 2.75) is 51.5 Å². The molecule has 1 N–H and O–H groups in total. The number of ether oxygens (including phenoxy) is 1. The van der Waals surface area contributed by atoms with Gasteiger partial charge in [-0.1, -0.05) is 61.5 Å². The summed E-state index contributed by atoms with van der Waals surface area (Å²) in [4.78, 5) is 12.2. The zero-order chi connectivity index (χ0) is 22.2. The van der Waals surface area contributed by atoms with Crippen LogP contribution >= 0.6 is 23.2 Å². The van der Waals surface area contributed by atoms with Crippen LogP contribution in [0.1, 0.15) is 57.1 Å². The number of carbonyl (C=O) groups excluding carboxylic acids is 1. The Hall–Kier alpha value is -2.24. The number of hydrogen-bond donors (Lipinski definition) is 1. The van der Waals surface area contributed by atoms with Crippen LogP contribution in [0.3, 0.4) is 0 Å². The Morgan fingerprint density at radius 2 is 1.94 bits per heavy atom. The van der Waals surface area contributed by atoms with Crippen LogP contribution in [-0.2, 0) is 4.79 Å². The number of halogens is 2. The molecule has 0 fully saturated rings. The number of unbranched alkanes of at least 4 members (excludes halogenated alkanes) is 3. The van der Waals surface area contributed by atoms with Crippen LogP contribution in [0.15, 0.2) is 47.6 Å². The molecule has 5 nitrogen and oxygen atoms in total. The van der Waals surface area contributed by atoms with Gasteiger partial charge in [-0.3, -0.25) is 9.80 Å². The Morgan fingerprint density at radius 3 is 2.61 bits per heavy atom. The van der Waals surface area contributed by atoms with Crippen LogP contribution in [0.2, 0.25) is 10.0 Å². The van der Waals surface area contributed by atoms with E-state index in [0.29, 0.717) is 29.4 Å². The van der Waals surface area contributed by atoms with Gasteiger partial charge in [0.05, 0.1) is 36.1 Å². The van der Waals surface area contributed by atoms with Crippen molar-refractivity contribution in [3.05, 3.63) is 58.1 Å². The number of rotatable bonds is 10. The second-order valence-electron chi connectivity index (χ2n) is 7.69. The Labute approximate surface area is 194 Å². The number of methoxy groups -OCH3 is 1. The van der Waals surface area contributed by atoms with E-state index < -0.39 is 0 Å². The van der Waals surface area contributed by atoms with Crippen LogP contribution in [0.4, 0.5) is 5.69 Å². The van der Waals surface area contributed by atoms with Crippen molar-refractivity contribution >= 4 is 40.5 Å². The molecular formula is C24H29Cl2N3O2. The lowest BCUT2D eigenvalue weighted by Crippen LogP contribution is -2.28. The lowest BCUT2D eigenvalue weighted by molar-refractivity contribution is -0.120. The molecule has 1 heterocycles. The van der Waals surface area contributed by atoms with E-state index in [1.807, 2.05) is 35.3 Å². The molecule has 0 aromatic heterocycles. The van der Waals surface area contributed by atoms with Crippen LogP contribution in [0, 0.1) is 0 Å². The molecule has 1 unspecified atom stereocenters. The van der Waals surface area contributed by atoms with Crippen molar-refractivity contribution in [1.29, 1.82) is 0 Å². The molecule has 7 heteroatoms. The maximum Gasteiger partial charge on any atom is 0.220 e. The van der Waals surface area contributed by atoms with E-state index in [1.54, 1.807) is 19.2 Å². The van der Waals surface area contributed by atoms with Gasteiger partial charge in [0.15, 0.2) is 0 Å². The van der Waals surface area contributed by atoms with Crippen LogP contribution < -0.4 is 15.1 Å². The molecule has 2 aromatic rings. The van der Waals surface area contributed by atoms with E-state index in [1.165, 1.54) is 6.42 Å². The standard InChI is InChI=1S/C24H29Cl2N3O2/c1-3-4-5-6-7-24(30)27-16-19-15-23(17-8-11-20(31-2)12-9-17)29(28-19)22-13-10-18(25)14-21(22)26/h8-14,23H,3-7,15-16H2,1-2H3,(H,27,30). The van der Waals surface area contributed by atoms with Gasteiger partial charge in [-0.2, -0.15) is 5.10 Å². The van der Waals surface area contributed by atoms with Crippen LogP contribution in [-0.4, -0.2) is 25.3 Å². The third-order valence-corrected chi connectivity index (χ3v) is 5.92. The number of amides is 1. The molecule has 31 heavy (non-hydrogen) atoms. The molecule has 0 aliphatic carbocycles. The predicted octanol–water partition coefficient (Wildman–Crippen LogP) is 6.40. The number of nitrogens with one attached hydrogen (secondary N) is 1. The first-order valence-corrected chi connectivity index (χ1v) is 11.5. The van der Waals surface area contributed by atoms with Crippen molar-refractivity contribution in [2.24, 2.45) is 5.10 Å². The molecule has 0 spiro atoms. The largest absolute Gasteiger partial charge is 0.497 e. The SMILES string of the molecule is CCCCCCC(=O)NCC1=NN(c2ccc(Cl)cc2Cl)C(c2ccc(OC)cc2)C1. The molecule has 1 aliphatic rings. The van der Waals surface area contributed by atoms with Gasteiger partial charge in [-0.05, 0) is 42.3 Å². The average Bonchev–Trinajstić information content (AvgIpc) is 3.19. The predicted molar refractivity (Wildman–Crippen MR) is 128 cm³/mol. The first-order valence-electron chi connectivity index (χ1n) is 10.7. The fourth-order valence-electron chi connectivity index (χ4n) is 3.66. The monoisotopic (exact) mass is 461 g/mol. The zero-order valence-corrected chi connectivity index (χ0v) is 19.5. The zero-order valence-electron chi connectivity index (χ0n) is 18.0. The van der Waals surface area contributed by atoms with Gasteiger partial charge in [-0.25, -0.2) is 0 Å². The summed E-state index contributed by atoms with van der Waals surface area (Å²) in [5, 5.41) is 10.9. The number of hydrogen-bond acceptors (Lipinski definition) is 4. The smallest absolute Gasteiger partial charge is 0.220 e. The minimum atomic E-state index is -0.0268. The molecule has 0 saturated heterocycles. The van der Waals surface area contributed by atoms with E-state index in [-0.39, 0.29) is 11.9 Å². The van der Waals surface area contributed by atoms with Crippen LogP contribution in [0.5, 0.6) is 5.75 Å². The molecule has 1 atom stereocenters. The number of anilines is 1. The third kappa shape index (κ3) is 6.37. The highest BCUT2D eigenvalue weighted by atomic mass is 35.5. The summed E-state index contributed by atoms with van der Waals surface area (Å²) in [5.41, 5.74) is 2.79. The molecule has 166 valence electrons. The summed E-state index contributed by atoms with van der Waals surface area (Å²) in [6.45, 7) is 2.59. The highest BCUT2D eigenvalue weighted by Gasteiger charge is 2.30.